The average molecular weight is 233 g/mol. The summed E-state index contributed by atoms with van der Waals surface area (Å²) in [6.07, 6.45) is 2.56. The molecule has 0 aliphatic rings. The van der Waals surface area contributed by atoms with Crippen LogP contribution < -0.4 is 5.32 Å². The standard InChI is InChI=1S/C12H15N3O2/c1-8-4-3-7-15-9(5-6-13-2)14-10(11(8)15)12(16)17/h3-4,7,13H,5-6H2,1-2H3,(H,16,17). The fourth-order valence-electron chi connectivity index (χ4n) is 1.93. The first-order valence-electron chi connectivity index (χ1n) is 5.49. The molecule has 0 aromatic carbocycles. The van der Waals surface area contributed by atoms with Gasteiger partial charge in [-0.1, -0.05) is 6.07 Å². The molecule has 0 fully saturated rings. The Hall–Kier alpha value is -1.88. The van der Waals surface area contributed by atoms with E-state index in [1.807, 2.05) is 36.7 Å². The third-order valence-corrected chi connectivity index (χ3v) is 2.74. The Morgan fingerprint density at radius 2 is 2.35 bits per heavy atom. The second-order valence-corrected chi connectivity index (χ2v) is 3.95. The van der Waals surface area contributed by atoms with Crippen molar-refractivity contribution in [2.24, 2.45) is 0 Å². The first-order chi connectivity index (χ1) is 8.15. The number of nitrogens with zero attached hydrogens (tertiary/aromatic N) is 2. The monoisotopic (exact) mass is 233 g/mol. The molecule has 0 atom stereocenters. The number of likely N-dealkylation sites (N-methyl/N-ethyl adjacent to an activating group) is 1. The predicted octanol–water partition coefficient (Wildman–Crippen LogP) is 1.10. The quantitative estimate of drug-likeness (QED) is 0.830. The number of aromatic carboxylic acids is 1. The summed E-state index contributed by atoms with van der Waals surface area (Å²) in [5, 5.41) is 12.2. The molecule has 5 heteroatoms. The molecule has 0 aliphatic carbocycles. The summed E-state index contributed by atoms with van der Waals surface area (Å²) < 4.78 is 1.86. The fraction of sp³-hybridized carbons (Fsp3) is 0.333. The summed E-state index contributed by atoms with van der Waals surface area (Å²) in [6, 6.07) is 3.80. The molecule has 2 aromatic rings. The highest BCUT2D eigenvalue weighted by molar-refractivity contribution is 5.94. The van der Waals surface area contributed by atoms with Crippen molar-refractivity contribution in [2.45, 2.75) is 13.3 Å². The number of nitrogens with one attached hydrogen (secondary N) is 1. The van der Waals surface area contributed by atoms with Gasteiger partial charge in [0.2, 0.25) is 0 Å². The Labute approximate surface area is 99.1 Å². The molecule has 0 amide bonds. The third-order valence-electron chi connectivity index (χ3n) is 2.74. The van der Waals surface area contributed by atoms with E-state index in [1.165, 1.54) is 0 Å². The third kappa shape index (κ3) is 2.01. The van der Waals surface area contributed by atoms with Gasteiger partial charge in [-0.3, -0.25) is 0 Å². The summed E-state index contributed by atoms with van der Waals surface area (Å²) in [7, 11) is 1.86. The number of imidazole rings is 1. The van der Waals surface area contributed by atoms with Crippen molar-refractivity contribution in [1.29, 1.82) is 0 Å². The Morgan fingerprint density at radius 3 is 3.00 bits per heavy atom. The van der Waals surface area contributed by atoms with Gasteiger partial charge in [-0.15, -0.1) is 0 Å². The lowest BCUT2D eigenvalue weighted by Gasteiger charge is -2.02. The molecule has 0 saturated carbocycles. The lowest BCUT2D eigenvalue weighted by Crippen LogP contribution is -2.12. The Bertz CT molecular complexity index is 560. The lowest BCUT2D eigenvalue weighted by molar-refractivity contribution is 0.0693. The van der Waals surface area contributed by atoms with E-state index in [9.17, 15) is 4.79 Å². The van der Waals surface area contributed by atoms with Crippen LogP contribution in [0.1, 0.15) is 21.9 Å². The molecule has 2 heterocycles. The normalized spacial score (nSPS) is 10.9. The zero-order valence-electron chi connectivity index (χ0n) is 9.90. The van der Waals surface area contributed by atoms with Crippen LogP contribution in [0.3, 0.4) is 0 Å². The van der Waals surface area contributed by atoms with Gasteiger partial charge in [-0.05, 0) is 25.6 Å². The van der Waals surface area contributed by atoms with E-state index in [-0.39, 0.29) is 5.69 Å². The van der Waals surface area contributed by atoms with E-state index in [1.54, 1.807) is 0 Å². The SMILES string of the molecule is CNCCc1nc(C(=O)O)c2c(C)cccn12. The molecule has 0 aliphatic heterocycles. The van der Waals surface area contributed by atoms with Gasteiger partial charge < -0.3 is 14.8 Å². The van der Waals surface area contributed by atoms with Crippen molar-refractivity contribution in [3.63, 3.8) is 0 Å². The van der Waals surface area contributed by atoms with Crippen LogP contribution in [0.4, 0.5) is 0 Å². The number of fused-ring (bicyclic) bond motifs is 1. The van der Waals surface area contributed by atoms with Gasteiger partial charge in [0.25, 0.3) is 0 Å². The second kappa shape index (κ2) is 4.55. The molecule has 0 unspecified atom stereocenters. The molecule has 2 rings (SSSR count). The van der Waals surface area contributed by atoms with E-state index in [0.29, 0.717) is 11.9 Å². The van der Waals surface area contributed by atoms with Crippen LogP contribution in [0.5, 0.6) is 0 Å². The first kappa shape index (κ1) is 11.6. The maximum atomic E-state index is 11.2. The number of aryl methyl sites for hydroxylation is 1. The summed E-state index contributed by atoms with van der Waals surface area (Å²) >= 11 is 0. The van der Waals surface area contributed by atoms with Crippen LogP contribution in [0.15, 0.2) is 18.3 Å². The minimum Gasteiger partial charge on any atom is -0.476 e. The van der Waals surface area contributed by atoms with Crippen molar-refractivity contribution < 1.29 is 9.90 Å². The molecule has 5 nitrogen and oxygen atoms in total. The number of aromatic nitrogens is 2. The largest absolute Gasteiger partial charge is 0.476 e. The molecular weight excluding hydrogens is 218 g/mol. The number of hydrogen-bond acceptors (Lipinski definition) is 3. The van der Waals surface area contributed by atoms with Crippen molar-refractivity contribution in [3.8, 4) is 0 Å². The van der Waals surface area contributed by atoms with Crippen LogP contribution in [0, 0.1) is 6.92 Å². The molecule has 90 valence electrons. The number of carboxylic acids is 1. The average Bonchev–Trinajstić information content (AvgIpc) is 2.67. The lowest BCUT2D eigenvalue weighted by atomic mass is 10.2. The van der Waals surface area contributed by atoms with Gasteiger partial charge in [0, 0.05) is 19.2 Å². The molecule has 2 aromatic heterocycles. The van der Waals surface area contributed by atoms with Crippen molar-refractivity contribution >= 4 is 11.5 Å². The number of carboxylic acid groups (broad SMARTS) is 1. The van der Waals surface area contributed by atoms with Crippen LogP contribution in [0.2, 0.25) is 0 Å². The number of carbonyl (C=O) groups is 1. The smallest absolute Gasteiger partial charge is 0.356 e. The van der Waals surface area contributed by atoms with E-state index in [2.05, 4.69) is 10.3 Å². The maximum absolute atomic E-state index is 11.2. The molecule has 2 N–H and O–H groups in total. The Morgan fingerprint density at radius 1 is 1.59 bits per heavy atom. The number of pyridine rings is 1. The van der Waals surface area contributed by atoms with Gasteiger partial charge in [0.15, 0.2) is 5.69 Å². The summed E-state index contributed by atoms with van der Waals surface area (Å²) in [4.78, 5) is 15.4. The van der Waals surface area contributed by atoms with Crippen molar-refractivity contribution in [2.75, 3.05) is 13.6 Å². The molecular formula is C12H15N3O2. The van der Waals surface area contributed by atoms with Crippen LogP contribution >= 0.6 is 0 Å². The predicted molar refractivity (Wildman–Crippen MR) is 64.5 cm³/mol. The van der Waals surface area contributed by atoms with Crippen molar-refractivity contribution in [3.05, 3.63) is 35.4 Å². The van der Waals surface area contributed by atoms with E-state index in [0.717, 1.165) is 17.9 Å². The minimum absolute atomic E-state index is 0.134. The maximum Gasteiger partial charge on any atom is 0.356 e. The van der Waals surface area contributed by atoms with Crippen LogP contribution in [0.25, 0.3) is 5.52 Å². The fourth-order valence-corrected chi connectivity index (χ4v) is 1.93. The molecule has 0 radical (unpaired) electrons. The van der Waals surface area contributed by atoms with E-state index >= 15 is 0 Å². The molecule has 17 heavy (non-hydrogen) atoms. The van der Waals surface area contributed by atoms with Gasteiger partial charge in [-0.25, -0.2) is 9.78 Å². The van der Waals surface area contributed by atoms with Crippen LogP contribution in [-0.2, 0) is 6.42 Å². The van der Waals surface area contributed by atoms with E-state index in [4.69, 9.17) is 5.11 Å². The van der Waals surface area contributed by atoms with Crippen molar-refractivity contribution in [1.82, 2.24) is 14.7 Å². The summed E-state index contributed by atoms with van der Waals surface area (Å²) in [5.41, 5.74) is 1.74. The summed E-state index contributed by atoms with van der Waals surface area (Å²) in [6.45, 7) is 2.66. The summed E-state index contributed by atoms with van der Waals surface area (Å²) in [5.74, 6) is -0.206. The number of hydrogen-bond donors (Lipinski definition) is 2. The second-order valence-electron chi connectivity index (χ2n) is 3.95. The van der Waals surface area contributed by atoms with E-state index < -0.39 is 5.97 Å². The van der Waals surface area contributed by atoms with Gasteiger partial charge in [-0.2, -0.15) is 0 Å². The molecule has 0 bridgehead atoms. The van der Waals surface area contributed by atoms with Crippen LogP contribution in [-0.4, -0.2) is 34.1 Å². The molecule has 0 spiro atoms. The zero-order valence-corrected chi connectivity index (χ0v) is 9.90. The highest BCUT2D eigenvalue weighted by atomic mass is 16.4. The number of rotatable bonds is 4. The zero-order chi connectivity index (χ0) is 12.4. The van der Waals surface area contributed by atoms with Gasteiger partial charge >= 0.3 is 5.97 Å². The first-order valence-corrected chi connectivity index (χ1v) is 5.49. The Kier molecular flexibility index (Phi) is 3.10. The van der Waals surface area contributed by atoms with Gasteiger partial charge in [0.1, 0.15) is 5.82 Å². The minimum atomic E-state index is -0.979. The topological polar surface area (TPSA) is 66.6 Å². The Balaban J connectivity index is 2.62. The highest BCUT2D eigenvalue weighted by Gasteiger charge is 2.17. The highest BCUT2D eigenvalue weighted by Crippen LogP contribution is 2.17. The molecule has 0 saturated heterocycles. The van der Waals surface area contributed by atoms with Gasteiger partial charge in [0.05, 0.1) is 5.52 Å².